The van der Waals surface area contributed by atoms with Gasteiger partial charge in [-0.1, -0.05) is 35.9 Å². The van der Waals surface area contributed by atoms with Gasteiger partial charge in [0, 0.05) is 14.1 Å². The molecule has 3 rings (SSSR count). The van der Waals surface area contributed by atoms with Crippen LogP contribution in [-0.2, 0) is 14.1 Å². The van der Waals surface area contributed by atoms with E-state index in [0.717, 1.165) is 27.7 Å². The minimum absolute atomic E-state index is 0.0553. The zero-order valence-corrected chi connectivity index (χ0v) is 13.4. The van der Waals surface area contributed by atoms with Gasteiger partial charge in [-0.2, -0.15) is 5.26 Å². The fourth-order valence-electron chi connectivity index (χ4n) is 2.77. The van der Waals surface area contributed by atoms with Crippen molar-refractivity contribution in [2.75, 3.05) is 0 Å². The Morgan fingerprint density at radius 2 is 1.83 bits per heavy atom. The standard InChI is InChI=1S/C19H17N3O/c1-13-5-4-6-15(9-13)16(12-20)10-14-7-8-17-18(11-14)22(3)19(23)21(17)2/h4-11H,1-3H3. The smallest absolute Gasteiger partial charge is 0.295 e. The molecule has 0 fully saturated rings. The van der Waals surface area contributed by atoms with Gasteiger partial charge < -0.3 is 0 Å². The number of nitriles is 1. The van der Waals surface area contributed by atoms with E-state index >= 15 is 0 Å². The highest BCUT2D eigenvalue weighted by atomic mass is 16.1. The molecule has 114 valence electrons. The van der Waals surface area contributed by atoms with Gasteiger partial charge in [0.15, 0.2) is 0 Å². The van der Waals surface area contributed by atoms with Gasteiger partial charge in [0.25, 0.3) is 0 Å². The largest absolute Gasteiger partial charge is 0.328 e. The zero-order valence-electron chi connectivity index (χ0n) is 13.4. The Hall–Kier alpha value is -3.06. The van der Waals surface area contributed by atoms with Crippen LogP contribution < -0.4 is 5.69 Å². The third kappa shape index (κ3) is 2.58. The van der Waals surface area contributed by atoms with Crippen LogP contribution in [0.5, 0.6) is 0 Å². The summed E-state index contributed by atoms with van der Waals surface area (Å²) < 4.78 is 3.24. The van der Waals surface area contributed by atoms with E-state index in [1.165, 1.54) is 0 Å². The van der Waals surface area contributed by atoms with Crippen LogP contribution in [0.4, 0.5) is 0 Å². The van der Waals surface area contributed by atoms with Crippen LogP contribution in [0.1, 0.15) is 16.7 Å². The van der Waals surface area contributed by atoms with Crippen molar-refractivity contribution >= 4 is 22.7 Å². The Kier molecular flexibility index (Phi) is 3.63. The van der Waals surface area contributed by atoms with Gasteiger partial charge in [0.1, 0.15) is 0 Å². The van der Waals surface area contributed by atoms with E-state index < -0.39 is 0 Å². The van der Waals surface area contributed by atoms with Gasteiger partial charge in [-0.25, -0.2) is 4.79 Å². The average Bonchev–Trinajstić information content (AvgIpc) is 2.77. The monoisotopic (exact) mass is 303 g/mol. The van der Waals surface area contributed by atoms with Crippen LogP contribution >= 0.6 is 0 Å². The Morgan fingerprint density at radius 3 is 2.52 bits per heavy atom. The second-order valence-corrected chi connectivity index (χ2v) is 5.69. The summed E-state index contributed by atoms with van der Waals surface area (Å²) in [4.78, 5) is 12.0. The highest BCUT2D eigenvalue weighted by Crippen LogP contribution is 2.21. The predicted molar refractivity (Wildman–Crippen MR) is 92.8 cm³/mol. The van der Waals surface area contributed by atoms with Crippen LogP contribution in [0.2, 0.25) is 0 Å². The van der Waals surface area contributed by atoms with Crippen LogP contribution in [0.25, 0.3) is 22.7 Å². The minimum Gasteiger partial charge on any atom is -0.295 e. The van der Waals surface area contributed by atoms with E-state index in [9.17, 15) is 10.1 Å². The van der Waals surface area contributed by atoms with Gasteiger partial charge in [-0.05, 0) is 36.3 Å². The normalized spacial score (nSPS) is 11.7. The number of aromatic nitrogens is 2. The molecule has 0 aliphatic rings. The van der Waals surface area contributed by atoms with Gasteiger partial charge in [0.05, 0.1) is 22.7 Å². The van der Waals surface area contributed by atoms with Crippen molar-refractivity contribution in [1.82, 2.24) is 9.13 Å². The number of allylic oxidation sites excluding steroid dienone is 1. The highest BCUT2D eigenvalue weighted by molar-refractivity contribution is 5.91. The van der Waals surface area contributed by atoms with Gasteiger partial charge in [-0.15, -0.1) is 0 Å². The molecule has 2 aromatic carbocycles. The molecule has 4 nitrogen and oxygen atoms in total. The number of hydrogen-bond acceptors (Lipinski definition) is 2. The quantitative estimate of drug-likeness (QED) is 0.539. The number of hydrogen-bond donors (Lipinski definition) is 0. The number of imidazole rings is 1. The lowest BCUT2D eigenvalue weighted by molar-refractivity contribution is 0.795. The molecule has 3 aromatic rings. The maximum absolute atomic E-state index is 12.0. The van der Waals surface area contributed by atoms with E-state index in [1.54, 1.807) is 23.2 Å². The molecule has 0 aliphatic heterocycles. The number of rotatable bonds is 2. The Morgan fingerprint density at radius 1 is 1.09 bits per heavy atom. The molecule has 0 unspecified atom stereocenters. The summed E-state index contributed by atoms with van der Waals surface area (Å²) in [6, 6.07) is 15.9. The summed E-state index contributed by atoms with van der Waals surface area (Å²) in [6.07, 6.45) is 1.85. The summed E-state index contributed by atoms with van der Waals surface area (Å²) in [7, 11) is 3.51. The molecule has 1 heterocycles. The van der Waals surface area contributed by atoms with E-state index in [0.29, 0.717) is 5.57 Å². The molecule has 0 bridgehead atoms. The maximum Gasteiger partial charge on any atom is 0.328 e. The van der Waals surface area contributed by atoms with Crippen molar-refractivity contribution < 1.29 is 0 Å². The molecule has 0 atom stereocenters. The van der Waals surface area contributed by atoms with Crippen molar-refractivity contribution in [3.05, 3.63) is 69.6 Å². The third-order valence-electron chi connectivity index (χ3n) is 4.06. The van der Waals surface area contributed by atoms with E-state index in [-0.39, 0.29) is 5.69 Å². The van der Waals surface area contributed by atoms with Crippen LogP contribution in [0.3, 0.4) is 0 Å². The first kappa shape index (κ1) is 14.9. The second kappa shape index (κ2) is 5.62. The third-order valence-corrected chi connectivity index (χ3v) is 4.06. The molecule has 1 aromatic heterocycles. The molecule has 0 spiro atoms. The lowest BCUT2D eigenvalue weighted by Crippen LogP contribution is -2.19. The van der Waals surface area contributed by atoms with Crippen LogP contribution in [-0.4, -0.2) is 9.13 Å². The summed E-state index contributed by atoms with van der Waals surface area (Å²) in [5.74, 6) is 0. The van der Waals surface area contributed by atoms with Crippen molar-refractivity contribution in [1.29, 1.82) is 5.26 Å². The SMILES string of the molecule is Cc1cccc(C(C#N)=Cc2ccc3c(c2)n(C)c(=O)n3C)c1. The maximum atomic E-state index is 12.0. The molecule has 0 radical (unpaired) electrons. The molecular formula is C19H17N3O. The van der Waals surface area contributed by atoms with E-state index in [1.807, 2.05) is 55.5 Å². The zero-order chi connectivity index (χ0) is 16.6. The summed E-state index contributed by atoms with van der Waals surface area (Å²) in [5, 5.41) is 9.47. The topological polar surface area (TPSA) is 50.7 Å². The van der Waals surface area contributed by atoms with E-state index in [4.69, 9.17) is 0 Å². The summed E-state index contributed by atoms with van der Waals surface area (Å²) >= 11 is 0. The fourth-order valence-corrected chi connectivity index (χ4v) is 2.77. The van der Waals surface area contributed by atoms with Crippen molar-refractivity contribution in [2.45, 2.75) is 6.92 Å². The van der Waals surface area contributed by atoms with Crippen LogP contribution in [0, 0.1) is 18.3 Å². The number of nitrogens with zero attached hydrogens (tertiary/aromatic N) is 3. The lowest BCUT2D eigenvalue weighted by Gasteiger charge is -2.02. The first-order valence-corrected chi connectivity index (χ1v) is 7.35. The fraction of sp³-hybridized carbons (Fsp3) is 0.158. The van der Waals surface area contributed by atoms with Crippen molar-refractivity contribution in [3.63, 3.8) is 0 Å². The molecule has 4 heteroatoms. The highest BCUT2D eigenvalue weighted by Gasteiger charge is 2.08. The van der Waals surface area contributed by atoms with Crippen LogP contribution in [0.15, 0.2) is 47.3 Å². The Balaban J connectivity index is 2.14. The van der Waals surface area contributed by atoms with Gasteiger partial charge in [-0.3, -0.25) is 9.13 Å². The lowest BCUT2D eigenvalue weighted by atomic mass is 10.0. The number of aryl methyl sites for hydroxylation is 3. The Bertz CT molecular complexity index is 1030. The van der Waals surface area contributed by atoms with Gasteiger partial charge >= 0.3 is 5.69 Å². The summed E-state index contributed by atoms with van der Waals surface area (Å²) in [5.41, 5.74) is 5.20. The number of benzene rings is 2. The Labute approximate surface area is 134 Å². The molecular weight excluding hydrogens is 286 g/mol. The molecule has 0 saturated carbocycles. The predicted octanol–water partition coefficient (Wildman–Crippen LogP) is 3.25. The van der Waals surface area contributed by atoms with Gasteiger partial charge in [0.2, 0.25) is 0 Å². The minimum atomic E-state index is -0.0553. The first-order valence-electron chi connectivity index (χ1n) is 7.35. The molecule has 0 N–H and O–H groups in total. The second-order valence-electron chi connectivity index (χ2n) is 5.69. The number of fused-ring (bicyclic) bond motifs is 1. The van der Waals surface area contributed by atoms with Crippen molar-refractivity contribution in [2.24, 2.45) is 14.1 Å². The first-order chi connectivity index (χ1) is 11.0. The molecule has 23 heavy (non-hydrogen) atoms. The molecule has 0 amide bonds. The van der Waals surface area contributed by atoms with Crippen molar-refractivity contribution in [3.8, 4) is 6.07 Å². The molecule has 0 aliphatic carbocycles. The molecule has 0 saturated heterocycles. The summed E-state index contributed by atoms with van der Waals surface area (Å²) in [6.45, 7) is 2.00. The average molecular weight is 303 g/mol. The van der Waals surface area contributed by atoms with E-state index in [2.05, 4.69) is 6.07 Å².